The standard InChI is InChI=1S/C8H17N3/c1-7(2)10-8(5-9)6-11(3)4/h7-8,10H,6H2,1-4H3. The Morgan fingerprint density at radius 2 is 2.00 bits per heavy atom. The Hall–Kier alpha value is -0.590. The smallest absolute Gasteiger partial charge is 0.108 e. The van der Waals surface area contributed by atoms with Gasteiger partial charge in [-0.3, -0.25) is 5.32 Å². The summed E-state index contributed by atoms with van der Waals surface area (Å²) >= 11 is 0. The summed E-state index contributed by atoms with van der Waals surface area (Å²) < 4.78 is 0. The average molecular weight is 155 g/mol. The summed E-state index contributed by atoms with van der Waals surface area (Å²) in [5.41, 5.74) is 0. The number of hydrogen-bond donors (Lipinski definition) is 1. The molecule has 0 saturated heterocycles. The normalized spacial score (nSPS) is 13.5. The fourth-order valence-electron chi connectivity index (χ4n) is 0.898. The van der Waals surface area contributed by atoms with Gasteiger partial charge in [0.05, 0.1) is 6.07 Å². The minimum Gasteiger partial charge on any atom is -0.307 e. The molecule has 3 heteroatoms. The van der Waals surface area contributed by atoms with Crippen LogP contribution >= 0.6 is 0 Å². The van der Waals surface area contributed by atoms with Crippen molar-refractivity contribution in [1.82, 2.24) is 10.2 Å². The Kier molecular flexibility index (Phi) is 4.84. The van der Waals surface area contributed by atoms with Crippen molar-refractivity contribution in [3.63, 3.8) is 0 Å². The van der Waals surface area contributed by atoms with Gasteiger partial charge in [-0.25, -0.2) is 0 Å². The number of hydrogen-bond acceptors (Lipinski definition) is 3. The van der Waals surface area contributed by atoms with E-state index < -0.39 is 0 Å². The quantitative estimate of drug-likeness (QED) is 0.640. The van der Waals surface area contributed by atoms with Gasteiger partial charge in [0.2, 0.25) is 0 Å². The van der Waals surface area contributed by atoms with Crippen LogP contribution in [0.1, 0.15) is 13.8 Å². The highest BCUT2D eigenvalue weighted by Gasteiger charge is 2.08. The van der Waals surface area contributed by atoms with Crippen LogP contribution in [0, 0.1) is 11.3 Å². The molecule has 0 aliphatic carbocycles. The van der Waals surface area contributed by atoms with Gasteiger partial charge in [0.1, 0.15) is 6.04 Å². The molecule has 1 N–H and O–H groups in total. The van der Waals surface area contributed by atoms with Gasteiger partial charge in [0.15, 0.2) is 0 Å². The van der Waals surface area contributed by atoms with E-state index in [1.54, 1.807) is 0 Å². The Bertz CT molecular complexity index is 125. The van der Waals surface area contributed by atoms with Gasteiger partial charge in [-0.15, -0.1) is 0 Å². The van der Waals surface area contributed by atoms with Crippen molar-refractivity contribution in [2.75, 3.05) is 20.6 Å². The van der Waals surface area contributed by atoms with Gasteiger partial charge in [0.25, 0.3) is 0 Å². The molecule has 0 saturated carbocycles. The van der Waals surface area contributed by atoms with Crippen LogP contribution in [0.15, 0.2) is 0 Å². The second-order valence-electron chi connectivity index (χ2n) is 3.27. The lowest BCUT2D eigenvalue weighted by Crippen LogP contribution is -2.40. The molecule has 11 heavy (non-hydrogen) atoms. The monoisotopic (exact) mass is 155 g/mol. The first-order valence-corrected chi connectivity index (χ1v) is 3.86. The number of rotatable bonds is 4. The lowest BCUT2D eigenvalue weighted by molar-refractivity contribution is 0.359. The van der Waals surface area contributed by atoms with Crippen molar-refractivity contribution in [3.05, 3.63) is 0 Å². The van der Waals surface area contributed by atoms with Crippen molar-refractivity contribution >= 4 is 0 Å². The molecule has 0 aliphatic heterocycles. The van der Waals surface area contributed by atoms with Crippen LogP contribution < -0.4 is 5.32 Å². The van der Waals surface area contributed by atoms with Crippen molar-refractivity contribution in [2.24, 2.45) is 0 Å². The Labute approximate surface area is 69.0 Å². The van der Waals surface area contributed by atoms with Crippen LogP contribution in [0.3, 0.4) is 0 Å². The molecule has 0 spiro atoms. The third-order valence-electron chi connectivity index (χ3n) is 1.24. The van der Waals surface area contributed by atoms with Gasteiger partial charge in [0, 0.05) is 12.6 Å². The lowest BCUT2D eigenvalue weighted by atomic mass is 10.2. The minimum absolute atomic E-state index is 0.0509. The number of nitrogens with zero attached hydrogens (tertiary/aromatic N) is 2. The Balaban J connectivity index is 3.70. The third kappa shape index (κ3) is 5.84. The molecule has 64 valence electrons. The third-order valence-corrected chi connectivity index (χ3v) is 1.24. The largest absolute Gasteiger partial charge is 0.307 e. The molecule has 0 bridgehead atoms. The maximum absolute atomic E-state index is 8.68. The predicted molar refractivity (Wildman–Crippen MR) is 46.2 cm³/mol. The second kappa shape index (κ2) is 5.11. The highest BCUT2D eigenvalue weighted by Crippen LogP contribution is 1.87. The lowest BCUT2D eigenvalue weighted by Gasteiger charge is -2.18. The van der Waals surface area contributed by atoms with E-state index in [2.05, 4.69) is 11.4 Å². The van der Waals surface area contributed by atoms with Gasteiger partial charge >= 0.3 is 0 Å². The molecular formula is C8H17N3. The van der Waals surface area contributed by atoms with Gasteiger partial charge in [-0.2, -0.15) is 5.26 Å². The molecule has 0 rings (SSSR count). The first-order chi connectivity index (χ1) is 5.06. The summed E-state index contributed by atoms with van der Waals surface area (Å²) in [6, 6.07) is 2.54. The van der Waals surface area contributed by atoms with E-state index in [-0.39, 0.29) is 6.04 Å². The second-order valence-corrected chi connectivity index (χ2v) is 3.27. The van der Waals surface area contributed by atoms with Crippen LogP contribution in [0.5, 0.6) is 0 Å². The molecule has 0 fully saturated rings. The van der Waals surface area contributed by atoms with Gasteiger partial charge in [-0.05, 0) is 27.9 Å². The maximum atomic E-state index is 8.68. The van der Waals surface area contributed by atoms with Crippen molar-refractivity contribution in [3.8, 4) is 6.07 Å². The minimum atomic E-state index is -0.0509. The maximum Gasteiger partial charge on any atom is 0.108 e. The SMILES string of the molecule is CC(C)NC(C#N)CN(C)C. The van der Waals surface area contributed by atoms with E-state index in [0.717, 1.165) is 6.54 Å². The predicted octanol–water partition coefficient (Wildman–Crippen LogP) is 0.438. The van der Waals surface area contributed by atoms with Crippen LogP contribution in [-0.4, -0.2) is 37.6 Å². The van der Waals surface area contributed by atoms with E-state index in [1.807, 2.05) is 32.8 Å². The molecule has 0 aromatic carbocycles. The molecule has 0 radical (unpaired) electrons. The molecule has 0 aliphatic rings. The fourth-order valence-corrected chi connectivity index (χ4v) is 0.898. The summed E-state index contributed by atoms with van der Waals surface area (Å²) in [7, 11) is 3.93. The zero-order valence-corrected chi connectivity index (χ0v) is 7.76. The summed E-state index contributed by atoms with van der Waals surface area (Å²) in [5, 5.41) is 11.8. The molecular weight excluding hydrogens is 138 g/mol. The van der Waals surface area contributed by atoms with Crippen molar-refractivity contribution < 1.29 is 0 Å². The number of nitrogens with one attached hydrogen (secondary N) is 1. The summed E-state index contributed by atoms with van der Waals surface area (Å²) in [4.78, 5) is 2.00. The van der Waals surface area contributed by atoms with Crippen LogP contribution in [0.4, 0.5) is 0 Å². The van der Waals surface area contributed by atoms with E-state index in [4.69, 9.17) is 5.26 Å². The molecule has 1 atom stereocenters. The molecule has 0 aromatic rings. The zero-order chi connectivity index (χ0) is 8.85. The van der Waals surface area contributed by atoms with E-state index in [0.29, 0.717) is 6.04 Å². The van der Waals surface area contributed by atoms with Crippen LogP contribution in [0.2, 0.25) is 0 Å². The van der Waals surface area contributed by atoms with E-state index in [1.165, 1.54) is 0 Å². The summed E-state index contributed by atoms with van der Waals surface area (Å²) in [6.45, 7) is 4.86. The topological polar surface area (TPSA) is 39.1 Å². The summed E-state index contributed by atoms with van der Waals surface area (Å²) in [6.07, 6.45) is 0. The first kappa shape index (κ1) is 10.4. The average Bonchev–Trinajstić information content (AvgIpc) is 1.84. The fraction of sp³-hybridized carbons (Fsp3) is 0.875. The molecule has 0 amide bonds. The van der Waals surface area contributed by atoms with Crippen molar-refractivity contribution in [2.45, 2.75) is 25.9 Å². The number of likely N-dealkylation sites (N-methyl/N-ethyl adjacent to an activating group) is 1. The molecule has 3 nitrogen and oxygen atoms in total. The Morgan fingerprint density at radius 3 is 2.27 bits per heavy atom. The molecule has 0 heterocycles. The molecule has 1 unspecified atom stereocenters. The first-order valence-electron chi connectivity index (χ1n) is 3.86. The van der Waals surface area contributed by atoms with Gasteiger partial charge < -0.3 is 4.90 Å². The van der Waals surface area contributed by atoms with E-state index in [9.17, 15) is 0 Å². The van der Waals surface area contributed by atoms with E-state index >= 15 is 0 Å². The highest BCUT2D eigenvalue weighted by atomic mass is 15.1. The van der Waals surface area contributed by atoms with Gasteiger partial charge in [-0.1, -0.05) is 0 Å². The molecule has 0 aromatic heterocycles. The van der Waals surface area contributed by atoms with Crippen LogP contribution in [0.25, 0.3) is 0 Å². The summed E-state index contributed by atoms with van der Waals surface area (Å²) in [5.74, 6) is 0. The van der Waals surface area contributed by atoms with Crippen LogP contribution in [-0.2, 0) is 0 Å². The number of nitriles is 1. The zero-order valence-electron chi connectivity index (χ0n) is 7.76. The Morgan fingerprint density at radius 1 is 1.45 bits per heavy atom. The highest BCUT2D eigenvalue weighted by molar-refractivity contribution is 4.92. The van der Waals surface area contributed by atoms with Crippen molar-refractivity contribution in [1.29, 1.82) is 5.26 Å².